The van der Waals surface area contributed by atoms with Crippen LogP contribution in [0.4, 0.5) is 0 Å². The summed E-state index contributed by atoms with van der Waals surface area (Å²) >= 11 is 0. The molecule has 1 saturated heterocycles. The Morgan fingerprint density at radius 1 is 1.55 bits per heavy atom. The molecule has 3 atom stereocenters. The summed E-state index contributed by atoms with van der Waals surface area (Å²) in [5, 5.41) is 16.0. The van der Waals surface area contributed by atoms with Crippen LogP contribution in [0.3, 0.4) is 0 Å². The smallest absolute Gasteiger partial charge is 0.263 e. The number of hydroxylamine groups is 1. The molecule has 0 bridgehead atoms. The molecule has 1 aliphatic rings. The molecular formula is C12H15N5O3. The van der Waals surface area contributed by atoms with Crippen LogP contribution in [-0.4, -0.2) is 35.7 Å². The Bertz CT molecular complexity index is 503. The maximum atomic E-state index is 11.8. The second-order valence-electron chi connectivity index (χ2n) is 4.39. The average molecular weight is 277 g/mol. The highest BCUT2D eigenvalue weighted by molar-refractivity contribution is 5.82. The van der Waals surface area contributed by atoms with Gasteiger partial charge in [-0.05, 0) is 11.1 Å². The fourth-order valence-electron chi connectivity index (χ4n) is 1.96. The van der Waals surface area contributed by atoms with Crippen molar-refractivity contribution in [3.8, 4) is 0 Å². The number of nitrogens with zero attached hydrogens (tertiary/aromatic N) is 3. The van der Waals surface area contributed by atoms with E-state index in [0.717, 1.165) is 5.56 Å². The van der Waals surface area contributed by atoms with Gasteiger partial charge in [-0.15, -0.1) is 0 Å². The molecule has 1 aromatic carbocycles. The van der Waals surface area contributed by atoms with Crippen molar-refractivity contribution in [2.45, 2.75) is 24.8 Å². The van der Waals surface area contributed by atoms with Crippen LogP contribution in [0.25, 0.3) is 10.4 Å². The van der Waals surface area contributed by atoms with E-state index in [0.29, 0.717) is 0 Å². The molecule has 0 radical (unpaired) electrons. The van der Waals surface area contributed by atoms with Crippen molar-refractivity contribution >= 4 is 5.91 Å². The molecule has 8 nitrogen and oxygen atoms in total. The van der Waals surface area contributed by atoms with Crippen molar-refractivity contribution in [2.75, 3.05) is 6.54 Å². The number of hydrogen-bond acceptors (Lipinski definition) is 5. The highest BCUT2D eigenvalue weighted by atomic mass is 16.6. The molecule has 0 spiro atoms. The van der Waals surface area contributed by atoms with Gasteiger partial charge in [0.15, 0.2) is 0 Å². The van der Waals surface area contributed by atoms with E-state index < -0.39 is 24.1 Å². The van der Waals surface area contributed by atoms with Gasteiger partial charge >= 0.3 is 0 Å². The van der Waals surface area contributed by atoms with Gasteiger partial charge in [-0.3, -0.25) is 9.63 Å². The molecule has 2 unspecified atom stereocenters. The zero-order valence-electron chi connectivity index (χ0n) is 10.6. The quantitative estimate of drug-likeness (QED) is 0.309. The van der Waals surface area contributed by atoms with Gasteiger partial charge < -0.3 is 10.4 Å². The Labute approximate surface area is 115 Å². The highest BCUT2D eigenvalue weighted by Crippen LogP contribution is 2.12. The minimum absolute atomic E-state index is 0.231. The topological polar surface area (TPSA) is 119 Å². The van der Waals surface area contributed by atoms with Gasteiger partial charge in [0.1, 0.15) is 6.04 Å². The summed E-state index contributed by atoms with van der Waals surface area (Å²) < 4.78 is 0. The third-order valence-corrected chi connectivity index (χ3v) is 3.02. The monoisotopic (exact) mass is 277 g/mol. The summed E-state index contributed by atoms with van der Waals surface area (Å²) in [5.74, 6) is -0.496. The minimum Gasteiger partial charge on any atom is -0.390 e. The SMILES string of the molecule is [N-]=[N+]=NC1CN[C@H](C(=O)NOCc2ccccc2)C1O. The number of benzene rings is 1. The molecule has 0 aromatic heterocycles. The van der Waals surface area contributed by atoms with Crippen LogP contribution in [0.2, 0.25) is 0 Å². The van der Waals surface area contributed by atoms with Crippen LogP contribution in [0.15, 0.2) is 35.4 Å². The molecule has 0 aliphatic carbocycles. The Morgan fingerprint density at radius 2 is 2.30 bits per heavy atom. The normalized spacial score (nSPS) is 24.9. The van der Waals surface area contributed by atoms with E-state index in [1.807, 2.05) is 30.3 Å². The lowest BCUT2D eigenvalue weighted by Crippen LogP contribution is -2.46. The molecule has 20 heavy (non-hydrogen) atoms. The van der Waals surface area contributed by atoms with Crippen molar-refractivity contribution in [3.63, 3.8) is 0 Å². The van der Waals surface area contributed by atoms with E-state index >= 15 is 0 Å². The number of carbonyl (C=O) groups is 1. The predicted molar refractivity (Wildman–Crippen MR) is 70.1 cm³/mol. The first-order chi connectivity index (χ1) is 9.72. The van der Waals surface area contributed by atoms with Crippen molar-refractivity contribution in [1.82, 2.24) is 10.8 Å². The number of nitrogens with one attached hydrogen (secondary N) is 2. The summed E-state index contributed by atoms with van der Waals surface area (Å²) in [4.78, 5) is 19.5. The van der Waals surface area contributed by atoms with Gasteiger partial charge in [-0.2, -0.15) is 0 Å². The fourth-order valence-corrected chi connectivity index (χ4v) is 1.96. The van der Waals surface area contributed by atoms with Crippen molar-refractivity contribution in [1.29, 1.82) is 0 Å². The van der Waals surface area contributed by atoms with Gasteiger partial charge in [-0.25, -0.2) is 5.48 Å². The molecule has 8 heteroatoms. The van der Waals surface area contributed by atoms with Crippen LogP contribution in [0.1, 0.15) is 5.56 Å². The summed E-state index contributed by atoms with van der Waals surface area (Å²) in [6.45, 7) is 0.483. The molecule has 1 amide bonds. The second-order valence-corrected chi connectivity index (χ2v) is 4.39. The molecular weight excluding hydrogens is 262 g/mol. The van der Waals surface area contributed by atoms with Crippen molar-refractivity contribution in [3.05, 3.63) is 46.3 Å². The standard InChI is InChI=1S/C12H15N5O3/c13-17-15-9-6-14-10(11(9)18)12(19)16-20-7-8-4-2-1-3-5-8/h1-5,9-11,14,18H,6-7H2,(H,16,19)/t9?,10-,11?/m0/s1. The van der Waals surface area contributed by atoms with Crippen LogP contribution < -0.4 is 10.8 Å². The Morgan fingerprint density at radius 3 is 3.00 bits per heavy atom. The first kappa shape index (κ1) is 14.3. The summed E-state index contributed by atoms with van der Waals surface area (Å²) in [5.41, 5.74) is 11.5. The molecule has 2 rings (SSSR count). The van der Waals surface area contributed by atoms with Gasteiger partial charge in [-0.1, -0.05) is 35.4 Å². The van der Waals surface area contributed by atoms with Crippen molar-refractivity contribution < 1.29 is 14.7 Å². The zero-order chi connectivity index (χ0) is 14.4. The van der Waals surface area contributed by atoms with E-state index in [1.165, 1.54) is 0 Å². The van der Waals surface area contributed by atoms with E-state index in [1.54, 1.807) is 0 Å². The number of carbonyl (C=O) groups excluding carboxylic acids is 1. The Balaban J connectivity index is 1.79. The lowest BCUT2D eigenvalue weighted by atomic mass is 10.1. The molecule has 106 valence electrons. The second kappa shape index (κ2) is 6.88. The third-order valence-electron chi connectivity index (χ3n) is 3.02. The lowest BCUT2D eigenvalue weighted by Gasteiger charge is -2.15. The number of amides is 1. The minimum atomic E-state index is -1.06. The summed E-state index contributed by atoms with van der Waals surface area (Å²) in [6.07, 6.45) is -1.06. The largest absolute Gasteiger partial charge is 0.390 e. The van der Waals surface area contributed by atoms with Gasteiger partial charge in [0.25, 0.3) is 5.91 Å². The first-order valence-corrected chi connectivity index (χ1v) is 6.13. The molecule has 1 aromatic rings. The Hall–Kier alpha value is -2.12. The van der Waals surface area contributed by atoms with Crippen molar-refractivity contribution in [2.24, 2.45) is 5.11 Å². The average Bonchev–Trinajstić information content (AvgIpc) is 2.82. The van der Waals surface area contributed by atoms with E-state index in [9.17, 15) is 9.90 Å². The number of aliphatic hydroxyl groups is 1. The number of azide groups is 1. The van der Waals surface area contributed by atoms with E-state index in [2.05, 4.69) is 20.8 Å². The van der Waals surface area contributed by atoms with E-state index in [-0.39, 0.29) is 13.2 Å². The predicted octanol–water partition coefficient (Wildman–Crippen LogP) is 0.246. The maximum absolute atomic E-state index is 11.8. The lowest BCUT2D eigenvalue weighted by molar-refractivity contribution is -0.138. The number of hydrogen-bond donors (Lipinski definition) is 3. The molecule has 1 aliphatic heterocycles. The molecule has 1 heterocycles. The Kier molecular flexibility index (Phi) is 4.91. The van der Waals surface area contributed by atoms with Gasteiger partial charge in [0.05, 0.1) is 18.8 Å². The summed E-state index contributed by atoms with van der Waals surface area (Å²) in [6, 6.07) is 7.86. The van der Waals surface area contributed by atoms with Crippen LogP contribution >= 0.6 is 0 Å². The molecule has 1 fully saturated rings. The maximum Gasteiger partial charge on any atom is 0.263 e. The third kappa shape index (κ3) is 3.46. The van der Waals surface area contributed by atoms with Crippen LogP contribution in [0, 0.1) is 0 Å². The van der Waals surface area contributed by atoms with Gasteiger partial charge in [0, 0.05) is 11.5 Å². The first-order valence-electron chi connectivity index (χ1n) is 6.13. The van der Waals surface area contributed by atoms with E-state index in [4.69, 9.17) is 10.4 Å². The highest BCUT2D eigenvalue weighted by Gasteiger charge is 2.38. The summed E-state index contributed by atoms with van der Waals surface area (Å²) in [7, 11) is 0. The molecule has 3 N–H and O–H groups in total. The number of aliphatic hydroxyl groups excluding tert-OH is 1. The van der Waals surface area contributed by atoms with Crippen LogP contribution in [-0.2, 0) is 16.2 Å². The number of rotatable bonds is 5. The van der Waals surface area contributed by atoms with Gasteiger partial charge in [0.2, 0.25) is 0 Å². The zero-order valence-corrected chi connectivity index (χ0v) is 10.6. The molecule has 0 saturated carbocycles. The van der Waals surface area contributed by atoms with Crippen LogP contribution in [0.5, 0.6) is 0 Å². The fraction of sp³-hybridized carbons (Fsp3) is 0.417.